The van der Waals surface area contributed by atoms with Crippen molar-refractivity contribution in [3.63, 3.8) is 0 Å². The Morgan fingerprint density at radius 3 is 2.56 bits per heavy atom. The minimum absolute atomic E-state index is 0. The van der Waals surface area contributed by atoms with Crippen LogP contribution in [0.5, 0.6) is 0 Å². The summed E-state index contributed by atoms with van der Waals surface area (Å²) in [6.45, 7) is 7.76. The third-order valence-electron chi connectivity index (χ3n) is 3.17. The van der Waals surface area contributed by atoms with Gasteiger partial charge in [0.05, 0.1) is 19.3 Å². The number of halogens is 1. The van der Waals surface area contributed by atoms with Gasteiger partial charge in [-0.25, -0.2) is 9.98 Å². The van der Waals surface area contributed by atoms with Gasteiger partial charge in [-0.1, -0.05) is 20.8 Å². The molecule has 0 atom stereocenters. The minimum Gasteiger partial charge on any atom is -0.443 e. The SMILES string of the molecule is COCCNC(=NCC(=O)N(C)C)NCc1ncc(C(C)(C)C)o1.I. The van der Waals surface area contributed by atoms with E-state index in [0.717, 1.165) is 5.76 Å². The molecule has 0 saturated heterocycles. The number of nitrogens with zero attached hydrogens (tertiary/aromatic N) is 3. The van der Waals surface area contributed by atoms with Crippen molar-refractivity contribution in [3.8, 4) is 0 Å². The molecule has 1 rings (SSSR count). The molecule has 25 heavy (non-hydrogen) atoms. The molecule has 2 N–H and O–H groups in total. The number of oxazole rings is 1. The molecular formula is C16H30IN5O3. The molecule has 0 aromatic carbocycles. The van der Waals surface area contributed by atoms with E-state index in [4.69, 9.17) is 9.15 Å². The van der Waals surface area contributed by atoms with Gasteiger partial charge in [0.15, 0.2) is 5.96 Å². The predicted octanol–water partition coefficient (Wildman–Crippen LogP) is 1.36. The maximum Gasteiger partial charge on any atom is 0.243 e. The van der Waals surface area contributed by atoms with E-state index in [1.165, 1.54) is 4.90 Å². The van der Waals surface area contributed by atoms with Crippen molar-refractivity contribution in [2.75, 3.05) is 40.9 Å². The molecule has 0 unspecified atom stereocenters. The van der Waals surface area contributed by atoms with Crippen molar-refractivity contribution >= 4 is 35.8 Å². The van der Waals surface area contributed by atoms with Crippen LogP contribution >= 0.6 is 24.0 Å². The summed E-state index contributed by atoms with van der Waals surface area (Å²) in [6.07, 6.45) is 1.74. The summed E-state index contributed by atoms with van der Waals surface area (Å²) in [4.78, 5) is 21.7. The number of hydrogen-bond acceptors (Lipinski definition) is 5. The van der Waals surface area contributed by atoms with E-state index in [1.54, 1.807) is 27.4 Å². The van der Waals surface area contributed by atoms with E-state index in [9.17, 15) is 4.79 Å². The number of guanidine groups is 1. The molecule has 0 radical (unpaired) electrons. The average Bonchev–Trinajstić information content (AvgIpc) is 2.98. The fraction of sp³-hybridized carbons (Fsp3) is 0.688. The molecule has 1 aromatic heterocycles. The summed E-state index contributed by atoms with van der Waals surface area (Å²) in [6, 6.07) is 0. The molecular weight excluding hydrogens is 437 g/mol. The maximum atomic E-state index is 11.7. The van der Waals surface area contributed by atoms with Crippen molar-refractivity contribution in [1.29, 1.82) is 0 Å². The highest BCUT2D eigenvalue weighted by Gasteiger charge is 2.19. The third-order valence-corrected chi connectivity index (χ3v) is 3.17. The van der Waals surface area contributed by atoms with E-state index in [-0.39, 0.29) is 41.8 Å². The van der Waals surface area contributed by atoms with Crippen LogP contribution in [-0.4, -0.2) is 62.7 Å². The Kier molecular flexibility index (Phi) is 10.7. The molecule has 0 aliphatic rings. The fourth-order valence-corrected chi connectivity index (χ4v) is 1.63. The van der Waals surface area contributed by atoms with Gasteiger partial charge < -0.3 is 24.7 Å². The minimum atomic E-state index is -0.0863. The van der Waals surface area contributed by atoms with Gasteiger partial charge in [-0.2, -0.15) is 0 Å². The van der Waals surface area contributed by atoms with Crippen molar-refractivity contribution < 1.29 is 13.9 Å². The molecule has 1 amide bonds. The second-order valence-electron chi connectivity index (χ2n) is 6.59. The number of aromatic nitrogens is 1. The Hall–Kier alpha value is -1.36. The largest absolute Gasteiger partial charge is 0.443 e. The van der Waals surface area contributed by atoms with Gasteiger partial charge in [-0.05, 0) is 0 Å². The second-order valence-corrected chi connectivity index (χ2v) is 6.59. The van der Waals surface area contributed by atoms with Gasteiger partial charge in [0.25, 0.3) is 0 Å². The van der Waals surface area contributed by atoms with Crippen LogP contribution < -0.4 is 10.6 Å². The molecule has 0 aliphatic heterocycles. The van der Waals surface area contributed by atoms with Crippen LogP contribution in [0.4, 0.5) is 0 Å². The number of hydrogen-bond donors (Lipinski definition) is 2. The summed E-state index contributed by atoms with van der Waals surface area (Å²) in [5, 5.41) is 6.21. The number of nitrogens with one attached hydrogen (secondary N) is 2. The molecule has 0 saturated carbocycles. The van der Waals surface area contributed by atoms with Crippen LogP contribution in [0.15, 0.2) is 15.6 Å². The lowest BCUT2D eigenvalue weighted by atomic mass is 9.94. The second kappa shape index (κ2) is 11.3. The zero-order valence-corrected chi connectivity index (χ0v) is 18.2. The maximum absolute atomic E-state index is 11.7. The molecule has 0 bridgehead atoms. The predicted molar refractivity (Wildman–Crippen MR) is 108 cm³/mol. The highest BCUT2D eigenvalue weighted by Crippen LogP contribution is 2.22. The van der Waals surface area contributed by atoms with Crippen LogP contribution in [-0.2, 0) is 21.5 Å². The van der Waals surface area contributed by atoms with E-state index in [0.29, 0.717) is 31.5 Å². The van der Waals surface area contributed by atoms with E-state index < -0.39 is 0 Å². The van der Waals surface area contributed by atoms with Crippen LogP contribution in [0.1, 0.15) is 32.4 Å². The molecule has 144 valence electrons. The summed E-state index contributed by atoms with van der Waals surface area (Å²) in [5.41, 5.74) is -0.0863. The zero-order chi connectivity index (χ0) is 18.2. The van der Waals surface area contributed by atoms with Crippen LogP contribution in [0.3, 0.4) is 0 Å². The van der Waals surface area contributed by atoms with Gasteiger partial charge in [-0.3, -0.25) is 4.79 Å². The number of ether oxygens (including phenoxy) is 1. The lowest BCUT2D eigenvalue weighted by Crippen LogP contribution is -2.39. The lowest BCUT2D eigenvalue weighted by molar-refractivity contribution is -0.127. The average molecular weight is 467 g/mol. The van der Waals surface area contributed by atoms with Gasteiger partial charge in [0.2, 0.25) is 11.8 Å². The van der Waals surface area contributed by atoms with Crippen molar-refractivity contribution in [1.82, 2.24) is 20.5 Å². The Bertz CT molecular complexity index is 552. The van der Waals surface area contributed by atoms with Crippen LogP contribution in [0.2, 0.25) is 0 Å². The highest BCUT2D eigenvalue weighted by molar-refractivity contribution is 14.0. The Morgan fingerprint density at radius 2 is 2.04 bits per heavy atom. The summed E-state index contributed by atoms with van der Waals surface area (Å²) >= 11 is 0. The summed E-state index contributed by atoms with van der Waals surface area (Å²) in [7, 11) is 5.02. The first-order valence-electron chi connectivity index (χ1n) is 7.90. The quantitative estimate of drug-likeness (QED) is 0.272. The number of amides is 1. The molecule has 0 aliphatic carbocycles. The Balaban J connectivity index is 0.00000576. The third kappa shape index (κ3) is 9.05. The van der Waals surface area contributed by atoms with Crippen molar-refractivity contribution in [2.45, 2.75) is 32.7 Å². The number of methoxy groups -OCH3 is 1. The standard InChI is InChI=1S/C16H29N5O3.HI/c1-16(2,3)12-9-18-13(24-12)10-19-15(17-7-8-23-6)20-11-14(22)21(4)5;/h9H,7-8,10-11H2,1-6H3,(H2,17,19,20);1H. The number of carbonyl (C=O) groups excluding carboxylic acids is 1. The first kappa shape index (κ1) is 23.6. The fourth-order valence-electron chi connectivity index (χ4n) is 1.63. The first-order valence-corrected chi connectivity index (χ1v) is 7.90. The molecule has 9 heteroatoms. The van der Waals surface area contributed by atoms with Crippen LogP contribution in [0, 0.1) is 0 Å². The van der Waals surface area contributed by atoms with E-state index in [1.807, 2.05) is 0 Å². The Labute approximate surface area is 166 Å². The summed E-state index contributed by atoms with van der Waals surface area (Å²) < 4.78 is 10.7. The van der Waals surface area contributed by atoms with Gasteiger partial charge >= 0.3 is 0 Å². The molecule has 8 nitrogen and oxygen atoms in total. The van der Waals surface area contributed by atoms with Gasteiger partial charge in [0, 0.05) is 33.2 Å². The monoisotopic (exact) mass is 467 g/mol. The Morgan fingerprint density at radius 1 is 1.36 bits per heavy atom. The normalized spacial score (nSPS) is 11.7. The van der Waals surface area contributed by atoms with Crippen LogP contribution in [0.25, 0.3) is 0 Å². The van der Waals surface area contributed by atoms with E-state index >= 15 is 0 Å². The lowest BCUT2D eigenvalue weighted by Gasteiger charge is -2.14. The number of aliphatic imine (C=N–C) groups is 1. The molecule has 0 spiro atoms. The molecule has 0 fully saturated rings. The van der Waals surface area contributed by atoms with E-state index in [2.05, 4.69) is 41.4 Å². The number of likely N-dealkylation sites (N-methyl/N-ethyl adjacent to an activating group) is 1. The zero-order valence-electron chi connectivity index (χ0n) is 15.9. The summed E-state index contributed by atoms with van der Waals surface area (Å²) in [5.74, 6) is 1.83. The first-order chi connectivity index (χ1) is 11.2. The van der Waals surface area contributed by atoms with Gasteiger partial charge in [0.1, 0.15) is 12.3 Å². The molecule has 1 heterocycles. The van der Waals surface area contributed by atoms with Crippen molar-refractivity contribution in [2.24, 2.45) is 4.99 Å². The highest BCUT2D eigenvalue weighted by atomic mass is 127. The van der Waals surface area contributed by atoms with Crippen molar-refractivity contribution in [3.05, 3.63) is 17.8 Å². The van der Waals surface area contributed by atoms with Gasteiger partial charge in [-0.15, -0.1) is 24.0 Å². The smallest absolute Gasteiger partial charge is 0.243 e. The molecule has 1 aromatic rings. The number of carbonyl (C=O) groups is 1. The number of rotatable bonds is 7. The topological polar surface area (TPSA) is 92.0 Å².